The van der Waals surface area contributed by atoms with Crippen LogP contribution in [0.25, 0.3) is 0 Å². The highest BCUT2D eigenvalue weighted by molar-refractivity contribution is 5.72. The summed E-state index contributed by atoms with van der Waals surface area (Å²) in [5, 5.41) is 9.41. The summed E-state index contributed by atoms with van der Waals surface area (Å²) < 4.78 is 4.70. The van der Waals surface area contributed by atoms with Crippen LogP contribution in [-0.2, 0) is 9.53 Å². The average Bonchev–Trinajstić information content (AvgIpc) is 2.76. The van der Waals surface area contributed by atoms with Gasteiger partial charge in [0.2, 0.25) is 0 Å². The highest BCUT2D eigenvalue weighted by atomic mass is 16.5. The van der Waals surface area contributed by atoms with Crippen molar-refractivity contribution in [2.45, 2.75) is 38.2 Å². The minimum absolute atomic E-state index is 0.0787. The molecule has 2 rings (SSSR count). The molecule has 3 heteroatoms. The van der Waals surface area contributed by atoms with Gasteiger partial charge in [0.25, 0.3) is 0 Å². The van der Waals surface area contributed by atoms with Gasteiger partial charge >= 0.3 is 5.97 Å². The number of carbonyl (C=O) groups is 1. The maximum absolute atomic E-state index is 11.2. The van der Waals surface area contributed by atoms with Gasteiger partial charge in [0.15, 0.2) is 0 Å². The quantitative estimate of drug-likeness (QED) is 0.621. The van der Waals surface area contributed by atoms with E-state index in [0.29, 0.717) is 0 Å². The molecule has 13 heavy (non-hydrogen) atoms. The molecule has 2 fully saturated rings. The predicted octanol–water partition coefficient (Wildman–Crippen LogP) is 1.10. The third-order valence-electron chi connectivity index (χ3n) is 3.66. The molecule has 1 atom stereocenters. The van der Waals surface area contributed by atoms with Crippen LogP contribution in [0.1, 0.15) is 32.1 Å². The number of hydrogen-bond acceptors (Lipinski definition) is 3. The van der Waals surface area contributed by atoms with E-state index in [1.807, 2.05) is 0 Å². The van der Waals surface area contributed by atoms with Gasteiger partial charge in [-0.1, -0.05) is 0 Å². The van der Waals surface area contributed by atoms with Gasteiger partial charge in [-0.05, 0) is 37.5 Å². The SMILES string of the molecule is COC(=O)C1CCC2(CC1)C[C@H]2O. The Balaban J connectivity index is 1.86. The number of rotatable bonds is 1. The Morgan fingerprint density at radius 3 is 2.38 bits per heavy atom. The fourth-order valence-electron chi connectivity index (χ4n) is 2.46. The number of esters is 1. The Bertz CT molecular complexity index is 216. The monoisotopic (exact) mass is 184 g/mol. The summed E-state index contributed by atoms with van der Waals surface area (Å²) in [5.74, 6) is 0.00779. The fourth-order valence-corrected chi connectivity index (χ4v) is 2.46. The first-order chi connectivity index (χ1) is 6.18. The van der Waals surface area contributed by atoms with E-state index in [-0.39, 0.29) is 23.4 Å². The molecule has 2 aliphatic rings. The Morgan fingerprint density at radius 2 is 2.00 bits per heavy atom. The van der Waals surface area contributed by atoms with Gasteiger partial charge in [0.05, 0.1) is 19.1 Å². The molecule has 74 valence electrons. The normalized spacial score (nSPS) is 43.2. The van der Waals surface area contributed by atoms with Gasteiger partial charge in [0, 0.05) is 0 Å². The molecule has 0 aromatic rings. The first-order valence-electron chi connectivity index (χ1n) is 4.94. The van der Waals surface area contributed by atoms with E-state index in [4.69, 9.17) is 4.74 Å². The van der Waals surface area contributed by atoms with Crippen molar-refractivity contribution in [3.05, 3.63) is 0 Å². The summed E-state index contributed by atoms with van der Waals surface area (Å²) in [5.41, 5.74) is 0.199. The van der Waals surface area contributed by atoms with Crippen LogP contribution < -0.4 is 0 Å². The smallest absolute Gasteiger partial charge is 0.308 e. The molecule has 2 aliphatic carbocycles. The first kappa shape index (κ1) is 9.00. The second-order valence-corrected chi connectivity index (χ2v) is 4.38. The minimum atomic E-state index is -0.0916. The van der Waals surface area contributed by atoms with Crippen molar-refractivity contribution in [1.82, 2.24) is 0 Å². The zero-order valence-electron chi connectivity index (χ0n) is 7.95. The van der Waals surface area contributed by atoms with Crippen molar-refractivity contribution in [3.63, 3.8) is 0 Å². The lowest BCUT2D eigenvalue weighted by Crippen LogP contribution is -2.25. The van der Waals surface area contributed by atoms with E-state index >= 15 is 0 Å². The molecule has 0 amide bonds. The van der Waals surface area contributed by atoms with Crippen LogP contribution in [0.4, 0.5) is 0 Å². The lowest BCUT2D eigenvalue weighted by Gasteiger charge is -2.26. The van der Waals surface area contributed by atoms with Crippen LogP contribution in [0.5, 0.6) is 0 Å². The molecule has 0 aromatic heterocycles. The Labute approximate surface area is 78.1 Å². The highest BCUT2D eigenvalue weighted by Crippen LogP contribution is 2.57. The third kappa shape index (κ3) is 1.46. The number of carbonyl (C=O) groups excluding carboxylic acids is 1. The number of aliphatic hydroxyl groups is 1. The van der Waals surface area contributed by atoms with Crippen molar-refractivity contribution in [2.75, 3.05) is 7.11 Å². The molecule has 3 nitrogen and oxygen atoms in total. The van der Waals surface area contributed by atoms with E-state index < -0.39 is 0 Å². The fraction of sp³-hybridized carbons (Fsp3) is 0.900. The molecule has 2 saturated carbocycles. The summed E-state index contributed by atoms with van der Waals surface area (Å²) in [6, 6.07) is 0. The molecule has 0 unspecified atom stereocenters. The molecule has 1 N–H and O–H groups in total. The van der Waals surface area contributed by atoms with Crippen molar-refractivity contribution in [2.24, 2.45) is 11.3 Å². The highest BCUT2D eigenvalue weighted by Gasteiger charge is 2.54. The van der Waals surface area contributed by atoms with Gasteiger partial charge in [-0.15, -0.1) is 0 Å². The van der Waals surface area contributed by atoms with Crippen LogP contribution in [-0.4, -0.2) is 24.3 Å². The van der Waals surface area contributed by atoms with Crippen LogP contribution in [0, 0.1) is 11.3 Å². The van der Waals surface area contributed by atoms with Gasteiger partial charge in [-0.2, -0.15) is 0 Å². The molecular formula is C10H16O3. The Morgan fingerprint density at radius 1 is 1.46 bits per heavy atom. The molecule has 0 aliphatic heterocycles. The van der Waals surface area contributed by atoms with E-state index in [1.54, 1.807) is 0 Å². The van der Waals surface area contributed by atoms with Crippen molar-refractivity contribution in [3.8, 4) is 0 Å². The van der Waals surface area contributed by atoms with Gasteiger partial charge in [-0.3, -0.25) is 4.79 Å². The standard InChI is InChI=1S/C10H16O3/c1-13-9(12)7-2-4-10(5-3-7)6-8(10)11/h7-8,11H,2-6H2,1H3/t7?,8-,10?/m1/s1. The number of hydrogen-bond donors (Lipinski definition) is 1. The summed E-state index contributed by atoms with van der Waals surface area (Å²) in [6.07, 6.45) is 4.63. The summed E-state index contributed by atoms with van der Waals surface area (Å²) in [4.78, 5) is 11.2. The predicted molar refractivity (Wildman–Crippen MR) is 47.0 cm³/mol. The number of ether oxygens (including phenoxy) is 1. The van der Waals surface area contributed by atoms with Crippen LogP contribution in [0.2, 0.25) is 0 Å². The number of aliphatic hydroxyl groups excluding tert-OH is 1. The maximum atomic E-state index is 11.2. The summed E-state index contributed by atoms with van der Waals surface area (Å²) in [7, 11) is 1.44. The molecule has 0 aromatic carbocycles. The Hall–Kier alpha value is -0.570. The van der Waals surface area contributed by atoms with E-state index in [0.717, 1.165) is 32.1 Å². The second-order valence-electron chi connectivity index (χ2n) is 4.38. The van der Waals surface area contributed by atoms with Crippen molar-refractivity contribution >= 4 is 5.97 Å². The topological polar surface area (TPSA) is 46.5 Å². The van der Waals surface area contributed by atoms with Gasteiger partial charge in [0.1, 0.15) is 0 Å². The zero-order valence-corrected chi connectivity index (χ0v) is 7.95. The molecule has 0 heterocycles. The van der Waals surface area contributed by atoms with Crippen molar-refractivity contribution < 1.29 is 14.6 Å². The Kier molecular flexibility index (Phi) is 2.06. The van der Waals surface area contributed by atoms with Crippen molar-refractivity contribution in [1.29, 1.82) is 0 Å². The van der Waals surface area contributed by atoms with Crippen LogP contribution in [0.15, 0.2) is 0 Å². The lowest BCUT2D eigenvalue weighted by molar-refractivity contribution is -0.147. The maximum Gasteiger partial charge on any atom is 0.308 e. The van der Waals surface area contributed by atoms with Crippen LogP contribution >= 0.6 is 0 Å². The van der Waals surface area contributed by atoms with Crippen LogP contribution in [0.3, 0.4) is 0 Å². The van der Waals surface area contributed by atoms with E-state index in [2.05, 4.69) is 0 Å². The molecule has 0 radical (unpaired) electrons. The number of methoxy groups -OCH3 is 1. The minimum Gasteiger partial charge on any atom is -0.469 e. The van der Waals surface area contributed by atoms with E-state index in [1.165, 1.54) is 7.11 Å². The zero-order chi connectivity index (χ0) is 9.47. The average molecular weight is 184 g/mol. The molecule has 0 saturated heterocycles. The first-order valence-corrected chi connectivity index (χ1v) is 4.94. The summed E-state index contributed by atoms with van der Waals surface area (Å²) >= 11 is 0. The lowest BCUT2D eigenvalue weighted by atomic mass is 9.79. The second kappa shape index (κ2) is 2.98. The molecule has 1 spiro atoms. The largest absolute Gasteiger partial charge is 0.469 e. The summed E-state index contributed by atoms with van der Waals surface area (Å²) in [6.45, 7) is 0. The van der Waals surface area contributed by atoms with Gasteiger partial charge in [-0.25, -0.2) is 0 Å². The van der Waals surface area contributed by atoms with E-state index in [9.17, 15) is 9.90 Å². The third-order valence-corrected chi connectivity index (χ3v) is 3.66. The van der Waals surface area contributed by atoms with Gasteiger partial charge < -0.3 is 9.84 Å². The molecular weight excluding hydrogens is 168 g/mol. The molecule has 0 bridgehead atoms.